The summed E-state index contributed by atoms with van der Waals surface area (Å²) in [6, 6.07) is 8.50. The molecule has 106 valence electrons. The second-order valence-electron chi connectivity index (χ2n) is 5.73. The molecule has 0 radical (unpaired) electrons. The number of aromatic nitrogens is 1. The zero-order chi connectivity index (χ0) is 14.1. The number of amides is 1. The van der Waals surface area contributed by atoms with E-state index in [1.165, 1.54) is 10.6 Å². The summed E-state index contributed by atoms with van der Waals surface area (Å²) in [6.45, 7) is 5.90. The predicted molar refractivity (Wildman–Crippen MR) is 81.8 cm³/mol. The monoisotopic (exact) mass is 288 g/mol. The third-order valence-electron chi connectivity index (χ3n) is 3.75. The van der Waals surface area contributed by atoms with Crippen LogP contribution in [0.25, 0.3) is 0 Å². The van der Waals surface area contributed by atoms with Gasteiger partial charge in [0, 0.05) is 36.3 Å². The summed E-state index contributed by atoms with van der Waals surface area (Å²) in [5.41, 5.74) is 1.23. The molecule has 0 spiro atoms. The van der Waals surface area contributed by atoms with Gasteiger partial charge in [-0.1, -0.05) is 19.9 Å². The van der Waals surface area contributed by atoms with Crippen molar-refractivity contribution in [2.45, 2.75) is 32.9 Å². The Morgan fingerprint density at radius 1 is 1.35 bits per heavy atom. The van der Waals surface area contributed by atoms with Gasteiger partial charge in [-0.15, -0.1) is 11.3 Å². The van der Waals surface area contributed by atoms with Crippen molar-refractivity contribution in [3.63, 3.8) is 0 Å². The summed E-state index contributed by atoms with van der Waals surface area (Å²) in [5, 5.41) is 2.09. The zero-order valence-corrected chi connectivity index (χ0v) is 12.8. The van der Waals surface area contributed by atoms with Crippen LogP contribution in [0.3, 0.4) is 0 Å². The third-order valence-corrected chi connectivity index (χ3v) is 4.68. The fraction of sp³-hybridized carbons (Fsp3) is 0.438. The van der Waals surface area contributed by atoms with Crippen LogP contribution in [0.2, 0.25) is 0 Å². The second kappa shape index (κ2) is 5.44. The van der Waals surface area contributed by atoms with Crippen molar-refractivity contribution < 1.29 is 4.79 Å². The SMILES string of the molecule is CC(C)CC(=O)N1CCn2cccc2C1c1cccs1. The van der Waals surface area contributed by atoms with Crippen molar-refractivity contribution in [1.82, 2.24) is 9.47 Å². The Kier molecular flexibility index (Phi) is 3.66. The summed E-state index contributed by atoms with van der Waals surface area (Å²) < 4.78 is 2.27. The van der Waals surface area contributed by atoms with E-state index in [1.807, 2.05) is 0 Å². The standard InChI is InChI=1S/C16H20N2OS/c1-12(2)11-15(19)18-9-8-17-7-3-5-13(17)16(18)14-6-4-10-20-14/h3-7,10,12,16H,8-9,11H2,1-2H3. The van der Waals surface area contributed by atoms with Crippen LogP contribution in [-0.2, 0) is 11.3 Å². The van der Waals surface area contributed by atoms with Crippen LogP contribution in [-0.4, -0.2) is 21.9 Å². The van der Waals surface area contributed by atoms with Crippen molar-refractivity contribution >= 4 is 17.2 Å². The highest BCUT2D eigenvalue weighted by Crippen LogP contribution is 2.35. The highest BCUT2D eigenvalue weighted by molar-refractivity contribution is 7.10. The fourth-order valence-electron chi connectivity index (χ4n) is 2.86. The minimum Gasteiger partial charge on any atom is -0.347 e. The molecule has 0 fully saturated rings. The third kappa shape index (κ3) is 2.40. The molecule has 4 heteroatoms. The molecule has 1 aliphatic rings. The molecule has 1 unspecified atom stereocenters. The van der Waals surface area contributed by atoms with Crippen LogP contribution in [0.1, 0.15) is 36.9 Å². The molecule has 3 rings (SSSR count). The topological polar surface area (TPSA) is 25.2 Å². The van der Waals surface area contributed by atoms with Crippen molar-refractivity contribution in [1.29, 1.82) is 0 Å². The maximum absolute atomic E-state index is 12.6. The number of thiophene rings is 1. The van der Waals surface area contributed by atoms with E-state index in [9.17, 15) is 4.79 Å². The lowest BCUT2D eigenvalue weighted by Crippen LogP contribution is -2.42. The molecule has 3 nitrogen and oxygen atoms in total. The molecule has 3 heterocycles. The molecule has 2 aromatic heterocycles. The Labute approximate surface area is 123 Å². The first kappa shape index (κ1) is 13.4. The van der Waals surface area contributed by atoms with E-state index < -0.39 is 0 Å². The highest BCUT2D eigenvalue weighted by atomic mass is 32.1. The summed E-state index contributed by atoms with van der Waals surface area (Å²) in [5.74, 6) is 0.672. The molecule has 0 N–H and O–H groups in total. The lowest BCUT2D eigenvalue weighted by Gasteiger charge is -2.37. The van der Waals surface area contributed by atoms with E-state index >= 15 is 0 Å². The summed E-state index contributed by atoms with van der Waals surface area (Å²) in [7, 11) is 0. The van der Waals surface area contributed by atoms with Gasteiger partial charge in [-0.2, -0.15) is 0 Å². The lowest BCUT2D eigenvalue weighted by molar-refractivity contribution is -0.134. The summed E-state index contributed by atoms with van der Waals surface area (Å²) in [6.07, 6.45) is 2.74. The molecule has 0 saturated carbocycles. The van der Waals surface area contributed by atoms with Crippen molar-refractivity contribution in [2.24, 2.45) is 5.92 Å². The predicted octanol–water partition coefficient (Wildman–Crippen LogP) is 3.53. The zero-order valence-electron chi connectivity index (χ0n) is 12.0. The van der Waals surface area contributed by atoms with E-state index in [2.05, 4.69) is 59.2 Å². The van der Waals surface area contributed by atoms with Gasteiger partial charge in [-0.3, -0.25) is 4.79 Å². The van der Waals surface area contributed by atoms with Gasteiger partial charge < -0.3 is 9.47 Å². The van der Waals surface area contributed by atoms with Gasteiger partial charge in [0.2, 0.25) is 5.91 Å². The Balaban J connectivity index is 1.96. The minimum absolute atomic E-state index is 0.0880. The van der Waals surface area contributed by atoms with Gasteiger partial charge in [-0.05, 0) is 29.5 Å². The normalized spacial score (nSPS) is 18.4. The van der Waals surface area contributed by atoms with Crippen LogP contribution in [0.15, 0.2) is 35.8 Å². The van der Waals surface area contributed by atoms with Gasteiger partial charge in [0.25, 0.3) is 0 Å². The number of carbonyl (C=O) groups excluding carboxylic acids is 1. The maximum Gasteiger partial charge on any atom is 0.223 e. The van der Waals surface area contributed by atoms with Crippen LogP contribution in [0.5, 0.6) is 0 Å². The van der Waals surface area contributed by atoms with E-state index in [1.54, 1.807) is 11.3 Å². The smallest absolute Gasteiger partial charge is 0.223 e. The number of hydrogen-bond donors (Lipinski definition) is 0. The van der Waals surface area contributed by atoms with Gasteiger partial charge >= 0.3 is 0 Å². The first-order valence-electron chi connectivity index (χ1n) is 7.14. The quantitative estimate of drug-likeness (QED) is 0.848. The van der Waals surface area contributed by atoms with Crippen molar-refractivity contribution in [2.75, 3.05) is 6.54 Å². The molecule has 1 amide bonds. The van der Waals surface area contributed by atoms with E-state index in [0.717, 1.165) is 13.1 Å². The number of hydrogen-bond acceptors (Lipinski definition) is 2. The summed E-state index contributed by atoms with van der Waals surface area (Å²) in [4.78, 5) is 15.9. The van der Waals surface area contributed by atoms with Gasteiger partial charge in [0.1, 0.15) is 6.04 Å². The maximum atomic E-state index is 12.6. The van der Waals surface area contributed by atoms with E-state index in [-0.39, 0.29) is 11.9 Å². The molecular weight excluding hydrogens is 268 g/mol. The van der Waals surface area contributed by atoms with E-state index in [0.29, 0.717) is 12.3 Å². The highest BCUT2D eigenvalue weighted by Gasteiger charge is 2.32. The molecule has 20 heavy (non-hydrogen) atoms. The first-order valence-corrected chi connectivity index (χ1v) is 8.02. The lowest BCUT2D eigenvalue weighted by atomic mass is 10.0. The van der Waals surface area contributed by atoms with Gasteiger partial charge in [-0.25, -0.2) is 0 Å². The Morgan fingerprint density at radius 2 is 2.20 bits per heavy atom. The Hall–Kier alpha value is -1.55. The molecule has 0 aliphatic carbocycles. The van der Waals surface area contributed by atoms with Gasteiger partial charge in [0.05, 0.1) is 0 Å². The van der Waals surface area contributed by atoms with Crippen LogP contribution >= 0.6 is 11.3 Å². The minimum atomic E-state index is 0.0880. The molecule has 2 aromatic rings. The molecule has 0 aromatic carbocycles. The van der Waals surface area contributed by atoms with Crippen molar-refractivity contribution in [3.8, 4) is 0 Å². The number of fused-ring (bicyclic) bond motifs is 1. The van der Waals surface area contributed by atoms with Crippen molar-refractivity contribution in [3.05, 3.63) is 46.4 Å². The van der Waals surface area contributed by atoms with Gasteiger partial charge in [0.15, 0.2) is 0 Å². The Morgan fingerprint density at radius 3 is 2.90 bits per heavy atom. The number of carbonyl (C=O) groups is 1. The van der Waals surface area contributed by atoms with Crippen LogP contribution in [0, 0.1) is 5.92 Å². The molecule has 0 saturated heterocycles. The second-order valence-corrected chi connectivity index (χ2v) is 6.71. The number of nitrogens with zero attached hydrogens (tertiary/aromatic N) is 2. The van der Waals surface area contributed by atoms with Crippen LogP contribution in [0.4, 0.5) is 0 Å². The largest absolute Gasteiger partial charge is 0.347 e. The fourth-order valence-corrected chi connectivity index (χ4v) is 3.71. The van der Waals surface area contributed by atoms with Crippen LogP contribution < -0.4 is 0 Å². The van der Waals surface area contributed by atoms with E-state index in [4.69, 9.17) is 0 Å². The molecule has 1 atom stereocenters. The summed E-state index contributed by atoms with van der Waals surface area (Å²) >= 11 is 1.73. The molecule has 0 bridgehead atoms. The average Bonchev–Trinajstić information content (AvgIpc) is 3.07. The molecule has 1 aliphatic heterocycles. The Bertz CT molecular complexity index is 585. The number of rotatable bonds is 3. The molecular formula is C16H20N2OS. The first-order chi connectivity index (χ1) is 9.66. The average molecular weight is 288 g/mol.